The maximum absolute atomic E-state index is 12.3. The molecule has 26 heavy (non-hydrogen) atoms. The summed E-state index contributed by atoms with van der Waals surface area (Å²) in [4.78, 5) is 28.6. The minimum atomic E-state index is -0.589. The average Bonchev–Trinajstić information content (AvgIpc) is 3.04. The van der Waals surface area contributed by atoms with Crippen LogP contribution in [0.25, 0.3) is 0 Å². The smallest absolute Gasteiger partial charge is 0.328 e. The number of esters is 1. The van der Waals surface area contributed by atoms with E-state index in [2.05, 4.69) is 20.3 Å². The van der Waals surface area contributed by atoms with E-state index in [4.69, 9.17) is 9.26 Å². The molecule has 0 aliphatic carbocycles. The molecule has 1 amide bonds. The van der Waals surface area contributed by atoms with E-state index in [9.17, 15) is 9.59 Å². The van der Waals surface area contributed by atoms with E-state index in [1.807, 2.05) is 26.8 Å². The van der Waals surface area contributed by atoms with Gasteiger partial charge in [-0.25, -0.2) is 4.79 Å². The zero-order valence-corrected chi connectivity index (χ0v) is 16.2. The van der Waals surface area contributed by atoms with Crippen molar-refractivity contribution >= 4 is 11.9 Å². The second kappa shape index (κ2) is 9.68. The maximum atomic E-state index is 12.3. The molecule has 0 bridgehead atoms. The summed E-state index contributed by atoms with van der Waals surface area (Å²) in [5.74, 6) is 0.372. The van der Waals surface area contributed by atoms with Crippen molar-refractivity contribution < 1.29 is 18.8 Å². The molecule has 0 spiro atoms. The molecule has 2 rings (SSSR count). The first kappa shape index (κ1) is 20.4. The normalized spacial score (nSPS) is 18.3. The molecule has 1 aromatic rings. The summed E-state index contributed by atoms with van der Waals surface area (Å²) < 4.78 is 10.1. The van der Waals surface area contributed by atoms with Crippen LogP contribution < -0.4 is 5.32 Å². The first-order valence-corrected chi connectivity index (χ1v) is 9.17. The molecule has 8 heteroatoms. The number of nitrogens with one attached hydrogen (secondary N) is 1. The highest BCUT2D eigenvalue weighted by molar-refractivity contribution is 5.85. The molecule has 1 aliphatic rings. The van der Waals surface area contributed by atoms with Crippen LogP contribution in [0.1, 0.15) is 31.7 Å². The first-order valence-electron chi connectivity index (χ1n) is 9.17. The predicted molar refractivity (Wildman–Crippen MR) is 96.4 cm³/mol. The number of amides is 1. The van der Waals surface area contributed by atoms with Crippen LogP contribution in [0.2, 0.25) is 0 Å². The molecule has 1 fully saturated rings. The molecular weight excluding hydrogens is 336 g/mol. The van der Waals surface area contributed by atoms with Crippen molar-refractivity contribution in [2.45, 2.75) is 39.8 Å². The Bertz CT molecular complexity index is 596. The Balaban J connectivity index is 1.77. The minimum absolute atomic E-state index is 0.0357. The van der Waals surface area contributed by atoms with Crippen LogP contribution in [0.4, 0.5) is 0 Å². The van der Waals surface area contributed by atoms with Gasteiger partial charge in [0.25, 0.3) is 0 Å². The van der Waals surface area contributed by atoms with Crippen LogP contribution in [0, 0.1) is 12.8 Å². The van der Waals surface area contributed by atoms with Gasteiger partial charge in [0.2, 0.25) is 5.91 Å². The van der Waals surface area contributed by atoms with Gasteiger partial charge < -0.3 is 14.6 Å². The van der Waals surface area contributed by atoms with Gasteiger partial charge in [0.1, 0.15) is 6.04 Å². The monoisotopic (exact) mass is 366 g/mol. The van der Waals surface area contributed by atoms with E-state index in [0.29, 0.717) is 6.54 Å². The van der Waals surface area contributed by atoms with Crippen LogP contribution in [-0.4, -0.2) is 72.7 Å². The third kappa shape index (κ3) is 5.81. The van der Waals surface area contributed by atoms with E-state index < -0.39 is 6.04 Å². The summed E-state index contributed by atoms with van der Waals surface area (Å²) in [6, 6.07) is 1.36. The molecule has 1 N–H and O–H groups in total. The maximum Gasteiger partial charge on any atom is 0.328 e. The molecule has 0 saturated carbocycles. The van der Waals surface area contributed by atoms with Crippen molar-refractivity contribution in [2.75, 3.05) is 39.8 Å². The van der Waals surface area contributed by atoms with Crippen molar-refractivity contribution in [1.29, 1.82) is 0 Å². The molecule has 0 aromatic carbocycles. The first-order chi connectivity index (χ1) is 12.4. The van der Waals surface area contributed by atoms with E-state index in [-0.39, 0.29) is 17.8 Å². The zero-order chi connectivity index (χ0) is 19.1. The number of hydrogen-bond donors (Lipinski definition) is 1. The van der Waals surface area contributed by atoms with Gasteiger partial charge in [-0.2, -0.15) is 0 Å². The highest BCUT2D eigenvalue weighted by Gasteiger charge is 2.28. The SMILES string of the molecule is CCC(C)C(NC(=O)CN1CCN(Cc2cc(C)no2)CC1)C(=O)OC. The highest BCUT2D eigenvalue weighted by Crippen LogP contribution is 2.11. The number of piperazine rings is 1. The Morgan fingerprint density at radius 3 is 2.50 bits per heavy atom. The van der Waals surface area contributed by atoms with E-state index in [1.54, 1.807) is 0 Å². The lowest BCUT2D eigenvalue weighted by Gasteiger charge is -2.34. The number of ether oxygens (including phenoxy) is 1. The number of rotatable bonds is 8. The summed E-state index contributed by atoms with van der Waals surface area (Å²) in [5.41, 5.74) is 0.886. The van der Waals surface area contributed by atoms with E-state index in [1.165, 1.54) is 7.11 Å². The summed E-state index contributed by atoms with van der Waals surface area (Å²) in [5, 5.41) is 6.73. The number of methoxy groups -OCH3 is 1. The lowest BCUT2D eigenvalue weighted by molar-refractivity contribution is -0.146. The van der Waals surface area contributed by atoms with Crippen molar-refractivity contribution in [3.8, 4) is 0 Å². The fraction of sp³-hybridized carbons (Fsp3) is 0.722. The number of nitrogens with zero attached hydrogens (tertiary/aromatic N) is 3. The van der Waals surface area contributed by atoms with E-state index in [0.717, 1.165) is 50.6 Å². The van der Waals surface area contributed by atoms with Gasteiger partial charge in [0.15, 0.2) is 5.76 Å². The van der Waals surface area contributed by atoms with Gasteiger partial charge in [0, 0.05) is 32.2 Å². The van der Waals surface area contributed by atoms with Crippen molar-refractivity contribution in [3.05, 3.63) is 17.5 Å². The number of aromatic nitrogens is 1. The Morgan fingerprint density at radius 1 is 1.31 bits per heavy atom. The Hall–Kier alpha value is -1.93. The predicted octanol–water partition coefficient (Wildman–Crippen LogP) is 0.805. The Kier molecular flexibility index (Phi) is 7.59. The van der Waals surface area contributed by atoms with Crippen LogP contribution in [0.15, 0.2) is 10.6 Å². The lowest BCUT2D eigenvalue weighted by Crippen LogP contribution is -2.52. The summed E-state index contributed by atoms with van der Waals surface area (Å²) >= 11 is 0. The van der Waals surface area contributed by atoms with Crippen LogP contribution in [0.3, 0.4) is 0 Å². The quantitative estimate of drug-likeness (QED) is 0.681. The molecular formula is C18H30N4O4. The molecule has 8 nitrogen and oxygen atoms in total. The van der Waals surface area contributed by atoms with Crippen molar-refractivity contribution in [1.82, 2.24) is 20.3 Å². The van der Waals surface area contributed by atoms with Crippen molar-refractivity contribution in [3.63, 3.8) is 0 Å². The van der Waals surface area contributed by atoms with Gasteiger partial charge in [0.05, 0.1) is 25.9 Å². The summed E-state index contributed by atoms with van der Waals surface area (Å²) in [7, 11) is 1.35. The third-order valence-electron chi connectivity index (χ3n) is 4.87. The molecule has 1 aliphatic heterocycles. The molecule has 2 heterocycles. The number of carbonyl (C=O) groups is 2. The van der Waals surface area contributed by atoms with Gasteiger partial charge in [-0.05, 0) is 12.8 Å². The zero-order valence-electron chi connectivity index (χ0n) is 16.2. The Labute approximate surface area is 154 Å². The molecule has 2 unspecified atom stereocenters. The molecule has 1 aromatic heterocycles. The standard InChI is InChI=1S/C18H30N4O4/c1-5-13(2)17(18(24)25-4)19-16(23)12-22-8-6-21(7-9-22)11-15-10-14(3)20-26-15/h10,13,17H,5-9,11-12H2,1-4H3,(H,19,23). The lowest BCUT2D eigenvalue weighted by atomic mass is 9.99. The van der Waals surface area contributed by atoms with Crippen LogP contribution in [0.5, 0.6) is 0 Å². The molecule has 2 atom stereocenters. The van der Waals surface area contributed by atoms with Crippen LogP contribution >= 0.6 is 0 Å². The van der Waals surface area contributed by atoms with Crippen molar-refractivity contribution in [2.24, 2.45) is 5.92 Å². The highest BCUT2D eigenvalue weighted by atomic mass is 16.5. The fourth-order valence-corrected chi connectivity index (χ4v) is 3.04. The largest absolute Gasteiger partial charge is 0.467 e. The fourth-order valence-electron chi connectivity index (χ4n) is 3.04. The second-order valence-corrected chi connectivity index (χ2v) is 6.94. The topological polar surface area (TPSA) is 87.9 Å². The number of aryl methyl sites for hydroxylation is 1. The van der Waals surface area contributed by atoms with Gasteiger partial charge >= 0.3 is 5.97 Å². The minimum Gasteiger partial charge on any atom is -0.467 e. The average molecular weight is 366 g/mol. The van der Waals surface area contributed by atoms with Gasteiger partial charge in [-0.1, -0.05) is 25.4 Å². The number of hydrogen-bond acceptors (Lipinski definition) is 7. The van der Waals surface area contributed by atoms with Crippen LogP contribution in [-0.2, 0) is 20.9 Å². The molecule has 146 valence electrons. The Morgan fingerprint density at radius 2 is 1.96 bits per heavy atom. The molecule has 1 saturated heterocycles. The molecule has 0 radical (unpaired) electrons. The van der Waals surface area contributed by atoms with E-state index >= 15 is 0 Å². The second-order valence-electron chi connectivity index (χ2n) is 6.94. The third-order valence-corrected chi connectivity index (χ3v) is 4.87. The summed E-state index contributed by atoms with van der Waals surface area (Å²) in [6.45, 7) is 10.2. The van der Waals surface area contributed by atoms with Gasteiger partial charge in [-0.3, -0.25) is 14.6 Å². The summed E-state index contributed by atoms with van der Waals surface area (Å²) in [6.07, 6.45) is 0.791. The number of carbonyl (C=O) groups excluding carboxylic acids is 2. The van der Waals surface area contributed by atoms with Gasteiger partial charge in [-0.15, -0.1) is 0 Å².